The maximum absolute atomic E-state index is 9.12. The molecule has 0 bridgehead atoms. The van der Waals surface area contributed by atoms with E-state index in [-0.39, 0.29) is 6.04 Å². The Bertz CT molecular complexity index is 712. The maximum atomic E-state index is 9.12. The quantitative estimate of drug-likeness (QED) is 0.546. The van der Waals surface area contributed by atoms with Crippen molar-refractivity contribution in [3.63, 3.8) is 0 Å². The Kier molecular flexibility index (Phi) is 3.62. The number of halogens is 1. The van der Waals surface area contributed by atoms with Crippen molar-refractivity contribution in [2.45, 2.75) is 19.4 Å². The smallest absolute Gasteiger partial charge is 0.0562 e. The first kappa shape index (κ1) is 13.4. The van der Waals surface area contributed by atoms with Crippen molar-refractivity contribution in [3.05, 3.63) is 59.1 Å². The molecule has 1 atom stereocenters. The van der Waals surface area contributed by atoms with Crippen LogP contribution < -0.4 is 5.48 Å². The molecular formula is C17H16ClNO. The van der Waals surface area contributed by atoms with Crippen LogP contribution in [0.25, 0.3) is 21.5 Å². The molecule has 2 nitrogen and oxygen atoms in total. The van der Waals surface area contributed by atoms with Crippen LogP contribution in [-0.4, -0.2) is 11.2 Å². The summed E-state index contributed by atoms with van der Waals surface area (Å²) in [6, 6.07) is 16.3. The molecule has 0 aromatic heterocycles. The van der Waals surface area contributed by atoms with Gasteiger partial charge in [0.15, 0.2) is 0 Å². The van der Waals surface area contributed by atoms with Crippen molar-refractivity contribution in [2.24, 2.45) is 0 Å². The van der Waals surface area contributed by atoms with E-state index in [9.17, 15) is 0 Å². The van der Waals surface area contributed by atoms with Crippen LogP contribution in [0.4, 0.5) is 0 Å². The van der Waals surface area contributed by atoms with Gasteiger partial charge in [-0.15, -0.1) is 0 Å². The lowest BCUT2D eigenvalue weighted by Gasteiger charge is -2.16. The summed E-state index contributed by atoms with van der Waals surface area (Å²) in [6.07, 6.45) is 0.745. The Morgan fingerprint density at radius 3 is 1.85 bits per heavy atom. The molecule has 3 rings (SSSR count). The first-order valence-corrected chi connectivity index (χ1v) is 7.07. The minimum absolute atomic E-state index is 0.0111. The minimum atomic E-state index is -0.0111. The van der Waals surface area contributed by atoms with E-state index in [0.717, 1.165) is 33.0 Å². The molecule has 20 heavy (non-hydrogen) atoms. The molecule has 3 heteroatoms. The van der Waals surface area contributed by atoms with E-state index < -0.39 is 0 Å². The first-order valence-electron chi connectivity index (χ1n) is 6.70. The number of hydrogen-bond donors (Lipinski definition) is 2. The standard InChI is InChI=1S/C17H16ClNO/c1-11(19-20)10-16-12-6-2-4-8-14(12)17(18)15-9-5-3-7-13(15)16/h2-9,11,19-20H,10H2,1H3. The van der Waals surface area contributed by atoms with Gasteiger partial charge in [0.25, 0.3) is 0 Å². The second kappa shape index (κ2) is 5.41. The van der Waals surface area contributed by atoms with Gasteiger partial charge in [-0.05, 0) is 29.7 Å². The van der Waals surface area contributed by atoms with Crippen molar-refractivity contribution >= 4 is 33.1 Å². The summed E-state index contributed by atoms with van der Waals surface area (Å²) in [6.45, 7) is 1.96. The fourth-order valence-electron chi connectivity index (χ4n) is 2.74. The number of nitrogens with one attached hydrogen (secondary N) is 1. The fraction of sp³-hybridized carbons (Fsp3) is 0.176. The summed E-state index contributed by atoms with van der Waals surface area (Å²) >= 11 is 6.55. The number of fused-ring (bicyclic) bond motifs is 2. The van der Waals surface area contributed by atoms with E-state index in [2.05, 4.69) is 17.6 Å². The van der Waals surface area contributed by atoms with Crippen molar-refractivity contribution in [3.8, 4) is 0 Å². The molecule has 0 fully saturated rings. The van der Waals surface area contributed by atoms with Crippen LogP contribution in [0, 0.1) is 0 Å². The van der Waals surface area contributed by atoms with Gasteiger partial charge in [-0.2, -0.15) is 0 Å². The fourth-order valence-corrected chi connectivity index (χ4v) is 3.07. The summed E-state index contributed by atoms with van der Waals surface area (Å²) in [5.74, 6) is 0. The van der Waals surface area contributed by atoms with Gasteiger partial charge in [-0.25, -0.2) is 5.48 Å². The molecule has 3 aromatic rings. The Balaban J connectivity index is 2.40. The van der Waals surface area contributed by atoms with Crippen LogP contribution in [-0.2, 0) is 6.42 Å². The van der Waals surface area contributed by atoms with Gasteiger partial charge >= 0.3 is 0 Å². The molecule has 0 saturated heterocycles. The van der Waals surface area contributed by atoms with Gasteiger partial charge < -0.3 is 5.21 Å². The minimum Gasteiger partial charge on any atom is -0.317 e. The van der Waals surface area contributed by atoms with E-state index in [4.69, 9.17) is 16.8 Å². The summed E-state index contributed by atoms with van der Waals surface area (Å²) in [7, 11) is 0. The van der Waals surface area contributed by atoms with Crippen LogP contribution in [0.2, 0.25) is 5.02 Å². The lowest BCUT2D eigenvalue weighted by Crippen LogP contribution is -2.24. The molecule has 0 amide bonds. The van der Waals surface area contributed by atoms with E-state index in [1.54, 1.807) is 0 Å². The number of rotatable bonds is 3. The van der Waals surface area contributed by atoms with E-state index in [1.165, 1.54) is 5.56 Å². The van der Waals surface area contributed by atoms with E-state index >= 15 is 0 Å². The zero-order chi connectivity index (χ0) is 14.1. The average Bonchev–Trinajstić information content (AvgIpc) is 2.51. The lowest BCUT2D eigenvalue weighted by atomic mass is 9.93. The summed E-state index contributed by atoms with van der Waals surface area (Å²) in [5.41, 5.74) is 3.54. The SMILES string of the molecule is CC(Cc1c2ccccc2c(Cl)c2ccccc12)NO. The molecule has 0 aliphatic carbocycles. The summed E-state index contributed by atoms with van der Waals surface area (Å²) in [5, 5.41) is 14.3. The third kappa shape index (κ3) is 2.16. The predicted octanol–water partition coefficient (Wildman–Crippen LogP) is 4.56. The second-order valence-electron chi connectivity index (χ2n) is 5.12. The number of hydroxylamine groups is 1. The van der Waals surface area contributed by atoms with Crippen LogP contribution in [0.15, 0.2) is 48.5 Å². The highest BCUT2D eigenvalue weighted by atomic mass is 35.5. The Morgan fingerprint density at radius 2 is 1.40 bits per heavy atom. The third-order valence-corrected chi connectivity index (χ3v) is 4.12. The van der Waals surface area contributed by atoms with Gasteiger partial charge in [0.05, 0.1) is 5.02 Å². The van der Waals surface area contributed by atoms with Crippen molar-refractivity contribution in [2.75, 3.05) is 0 Å². The normalized spacial score (nSPS) is 12.9. The van der Waals surface area contributed by atoms with Gasteiger partial charge in [-0.1, -0.05) is 60.1 Å². The number of benzene rings is 3. The first-order chi connectivity index (χ1) is 9.72. The van der Waals surface area contributed by atoms with Gasteiger partial charge in [0.2, 0.25) is 0 Å². The molecule has 0 radical (unpaired) electrons. The number of hydrogen-bond acceptors (Lipinski definition) is 2. The Morgan fingerprint density at radius 1 is 0.950 bits per heavy atom. The molecule has 2 N–H and O–H groups in total. The summed E-state index contributed by atoms with van der Waals surface area (Å²) in [4.78, 5) is 0. The van der Waals surface area contributed by atoms with Crippen molar-refractivity contribution in [1.29, 1.82) is 0 Å². The Hall–Kier alpha value is -1.61. The van der Waals surface area contributed by atoms with Crippen LogP contribution in [0.3, 0.4) is 0 Å². The molecule has 0 spiro atoms. The molecule has 102 valence electrons. The van der Waals surface area contributed by atoms with Crippen LogP contribution in [0.1, 0.15) is 12.5 Å². The Labute approximate surface area is 122 Å². The van der Waals surface area contributed by atoms with Gasteiger partial charge in [0.1, 0.15) is 0 Å². The third-order valence-electron chi connectivity index (χ3n) is 3.71. The summed E-state index contributed by atoms with van der Waals surface area (Å²) < 4.78 is 0. The van der Waals surface area contributed by atoms with Crippen LogP contribution >= 0.6 is 11.6 Å². The highest BCUT2D eigenvalue weighted by Gasteiger charge is 2.13. The highest BCUT2D eigenvalue weighted by Crippen LogP contribution is 2.36. The second-order valence-corrected chi connectivity index (χ2v) is 5.50. The van der Waals surface area contributed by atoms with E-state index in [0.29, 0.717) is 0 Å². The maximum Gasteiger partial charge on any atom is 0.0562 e. The zero-order valence-corrected chi connectivity index (χ0v) is 12.0. The molecule has 0 aliphatic heterocycles. The van der Waals surface area contributed by atoms with Crippen molar-refractivity contribution in [1.82, 2.24) is 5.48 Å². The monoisotopic (exact) mass is 285 g/mol. The highest BCUT2D eigenvalue weighted by molar-refractivity contribution is 6.41. The topological polar surface area (TPSA) is 32.3 Å². The van der Waals surface area contributed by atoms with Gasteiger partial charge in [-0.3, -0.25) is 0 Å². The largest absolute Gasteiger partial charge is 0.317 e. The zero-order valence-electron chi connectivity index (χ0n) is 11.2. The molecule has 3 aromatic carbocycles. The average molecular weight is 286 g/mol. The van der Waals surface area contributed by atoms with Crippen molar-refractivity contribution < 1.29 is 5.21 Å². The molecule has 1 unspecified atom stereocenters. The predicted molar refractivity (Wildman–Crippen MR) is 84.6 cm³/mol. The van der Waals surface area contributed by atoms with Gasteiger partial charge in [0, 0.05) is 16.8 Å². The molecule has 0 saturated carbocycles. The molecule has 0 heterocycles. The molecular weight excluding hydrogens is 270 g/mol. The molecule has 0 aliphatic rings. The lowest BCUT2D eigenvalue weighted by molar-refractivity contribution is 0.133. The van der Waals surface area contributed by atoms with E-state index in [1.807, 2.05) is 43.3 Å². The van der Waals surface area contributed by atoms with Crippen LogP contribution in [0.5, 0.6) is 0 Å².